The topological polar surface area (TPSA) is 86.8 Å². The normalized spacial score (nSPS) is 12.9. The molecule has 0 fully saturated rings. The molecule has 0 aliphatic heterocycles. The summed E-state index contributed by atoms with van der Waals surface area (Å²) in [5.74, 6) is -0.959. The van der Waals surface area contributed by atoms with Crippen LogP contribution >= 0.6 is 34.8 Å². The average molecular weight is 611 g/mol. The van der Waals surface area contributed by atoms with E-state index in [4.69, 9.17) is 34.8 Å². The summed E-state index contributed by atoms with van der Waals surface area (Å²) in [6, 6.07) is 17.8. The fourth-order valence-electron chi connectivity index (χ4n) is 3.75. The van der Waals surface area contributed by atoms with Crippen molar-refractivity contribution in [3.8, 4) is 0 Å². The maximum Gasteiger partial charge on any atom is 0.264 e. The Morgan fingerprint density at radius 1 is 0.897 bits per heavy atom. The second kappa shape index (κ2) is 13.5. The van der Waals surface area contributed by atoms with E-state index in [0.717, 1.165) is 4.31 Å². The Morgan fingerprint density at radius 3 is 2.18 bits per heavy atom. The summed E-state index contributed by atoms with van der Waals surface area (Å²) in [5, 5.41) is 3.98. The van der Waals surface area contributed by atoms with Crippen molar-refractivity contribution in [2.45, 2.75) is 50.7 Å². The largest absolute Gasteiger partial charge is 0.352 e. The van der Waals surface area contributed by atoms with Crippen molar-refractivity contribution in [2.75, 3.05) is 10.8 Å². The van der Waals surface area contributed by atoms with Crippen molar-refractivity contribution < 1.29 is 18.0 Å². The molecule has 3 aromatic rings. The minimum Gasteiger partial charge on any atom is -0.352 e. The molecule has 0 aromatic heterocycles. The Hall–Kier alpha value is -2.78. The maximum atomic E-state index is 13.9. The van der Waals surface area contributed by atoms with Gasteiger partial charge in [0, 0.05) is 27.7 Å². The van der Waals surface area contributed by atoms with Gasteiger partial charge in [0.2, 0.25) is 11.8 Å². The molecule has 0 radical (unpaired) electrons. The zero-order valence-electron chi connectivity index (χ0n) is 21.8. The number of nitrogens with zero attached hydrogens (tertiary/aromatic N) is 2. The van der Waals surface area contributed by atoms with Crippen LogP contribution in [0.25, 0.3) is 0 Å². The molecule has 39 heavy (non-hydrogen) atoms. The molecule has 0 unspecified atom stereocenters. The third-order valence-corrected chi connectivity index (χ3v) is 8.89. The number of nitrogens with one attached hydrogen (secondary N) is 1. The number of hydrogen-bond acceptors (Lipinski definition) is 4. The summed E-state index contributed by atoms with van der Waals surface area (Å²) in [6.45, 7) is 4.82. The monoisotopic (exact) mass is 609 g/mol. The lowest BCUT2D eigenvalue weighted by atomic mass is 10.1. The molecular formula is C28H30Cl3N3O4S. The Bertz CT molecular complexity index is 1420. The zero-order chi connectivity index (χ0) is 28.7. The Kier molecular flexibility index (Phi) is 10.7. The number of benzene rings is 3. The first-order valence-electron chi connectivity index (χ1n) is 12.3. The van der Waals surface area contributed by atoms with Gasteiger partial charge in [0.25, 0.3) is 10.0 Å². The van der Waals surface area contributed by atoms with Crippen molar-refractivity contribution in [2.24, 2.45) is 0 Å². The molecule has 2 amide bonds. The van der Waals surface area contributed by atoms with Crippen LogP contribution in [0.15, 0.2) is 77.7 Å². The van der Waals surface area contributed by atoms with Crippen LogP contribution in [0.1, 0.15) is 32.8 Å². The molecule has 0 aliphatic carbocycles. The highest BCUT2D eigenvalue weighted by molar-refractivity contribution is 7.92. The molecule has 3 rings (SSSR count). The highest BCUT2D eigenvalue weighted by Crippen LogP contribution is 2.28. The van der Waals surface area contributed by atoms with Crippen LogP contribution in [0.4, 0.5) is 5.69 Å². The van der Waals surface area contributed by atoms with Crippen LogP contribution in [0, 0.1) is 0 Å². The second-order valence-electron chi connectivity index (χ2n) is 9.05. The summed E-state index contributed by atoms with van der Waals surface area (Å²) >= 11 is 18.5. The van der Waals surface area contributed by atoms with Gasteiger partial charge in [-0.1, -0.05) is 66.0 Å². The van der Waals surface area contributed by atoms with Gasteiger partial charge in [-0.05, 0) is 74.4 Å². The quantitative estimate of drug-likeness (QED) is 0.281. The zero-order valence-corrected chi connectivity index (χ0v) is 24.9. The van der Waals surface area contributed by atoms with Crippen LogP contribution < -0.4 is 9.62 Å². The summed E-state index contributed by atoms with van der Waals surface area (Å²) in [7, 11) is -4.22. The molecule has 0 bridgehead atoms. The van der Waals surface area contributed by atoms with Gasteiger partial charge in [0.1, 0.15) is 12.6 Å². The van der Waals surface area contributed by atoms with E-state index in [0.29, 0.717) is 27.1 Å². The molecule has 7 nitrogen and oxygen atoms in total. The fourth-order valence-corrected chi connectivity index (χ4v) is 5.66. The molecule has 0 saturated carbocycles. The average Bonchev–Trinajstić information content (AvgIpc) is 2.90. The van der Waals surface area contributed by atoms with Crippen molar-refractivity contribution in [1.29, 1.82) is 0 Å². The molecule has 0 aliphatic rings. The third kappa shape index (κ3) is 7.88. The number of hydrogen-bond donors (Lipinski definition) is 1. The first-order valence-corrected chi connectivity index (χ1v) is 14.9. The van der Waals surface area contributed by atoms with Crippen LogP contribution in [-0.4, -0.2) is 43.8 Å². The van der Waals surface area contributed by atoms with E-state index in [1.165, 1.54) is 35.2 Å². The van der Waals surface area contributed by atoms with Gasteiger partial charge in [0.15, 0.2) is 0 Å². The van der Waals surface area contributed by atoms with E-state index in [2.05, 4.69) is 5.32 Å². The van der Waals surface area contributed by atoms with E-state index in [1.54, 1.807) is 49.4 Å². The molecule has 2 atom stereocenters. The van der Waals surface area contributed by atoms with Gasteiger partial charge in [-0.15, -0.1) is 0 Å². The number of carbonyl (C=O) groups is 2. The first-order chi connectivity index (χ1) is 18.4. The molecule has 0 saturated heterocycles. The fraction of sp³-hybridized carbons (Fsp3) is 0.286. The van der Waals surface area contributed by atoms with Crippen molar-refractivity contribution >= 4 is 62.3 Å². The molecule has 3 aromatic carbocycles. The highest BCUT2D eigenvalue weighted by atomic mass is 35.5. The van der Waals surface area contributed by atoms with Crippen LogP contribution in [0.2, 0.25) is 15.1 Å². The van der Waals surface area contributed by atoms with Gasteiger partial charge in [-0.3, -0.25) is 13.9 Å². The van der Waals surface area contributed by atoms with E-state index in [1.807, 2.05) is 13.8 Å². The van der Waals surface area contributed by atoms with Gasteiger partial charge < -0.3 is 10.2 Å². The van der Waals surface area contributed by atoms with E-state index in [9.17, 15) is 18.0 Å². The Labute approximate surface area is 244 Å². The lowest BCUT2D eigenvalue weighted by Crippen LogP contribution is -2.52. The molecule has 0 spiro atoms. The summed E-state index contributed by atoms with van der Waals surface area (Å²) < 4.78 is 28.5. The van der Waals surface area contributed by atoms with E-state index >= 15 is 0 Å². The Balaban J connectivity index is 2.04. The number of sulfonamides is 1. The predicted molar refractivity (Wildman–Crippen MR) is 157 cm³/mol. The number of anilines is 1. The summed E-state index contributed by atoms with van der Waals surface area (Å²) in [5.41, 5.74) is 0.811. The third-order valence-electron chi connectivity index (χ3n) is 6.24. The molecule has 0 heterocycles. The van der Waals surface area contributed by atoms with Crippen LogP contribution in [-0.2, 0) is 26.2 Å². The summed E-state index contributed by atoms with van der Waals surface area (Å²) in [4.78, 5) is 28.3. The van der Waals surface area contributed by atoms with Gasteiger partial charge in [-0.25, -0.2) is 8.42 Å². The number of rotatable bonds is 11. The highest BCUT2D eigenvalue weighted by Gasteiger charge is 2.33. The molecular weight excluding hydrogens is 581 g/mol. The molecule has 11 heteroatoms. The first kappa shape index (κ1) is 30.8. The molecule has 208 valence electrons. The standard InChI is InChI=1S/C28H30Cl3N3O4S/c1-4-19(2)32-28(36)20(3)33(17-21-8-5-6-11-26(21)31)27(35)18-34(24-10-7-9-23(30)16-24)39(37,38)25-14-12-22(29)13-15-25/h5-16,19-20H,4,17-18H2,1-3H3,(H,32,36)/t19-,20-/m0/s1. The Morgan fingerprint density at radius 2 is 1.56 bits per heavy atom. The van der Waals surface area contributed by atoms with Gasteiger partial charge in [-0.2, -0.15) is 0 Å². The van der Waals surface area contributed by atoms with Gasteiger partial charge >= 0.3 is 0 Å². The van der Waals surface area contributed by atoms with Crippen LogP contribution in [0.5, 0.6) is 0 Å². The lowest BCUT2D eigenvalue weighted by Gasteiger charge is -2.32. The second-order valence-corrected chi connectivity index (χ2v) is 12.2. The maximum absolute atomic E-state index is 13.9. The van der Waals surface area contributed by atoms with E-state index < -0.39 is 28.5 Å². The predicted octanol–water partition coefficient (Wildman–Crippen LogP) is 6.17. The smallest absolute Gasteiger partial charge is 0.264 e. The minimum atomic E-state index is -4.22. The number of amides is 2. The van der Waals surface area contributed by atoms with Crippen molar-refractivity contribution in [1.82, 2.24) is 10.2 Å². The number of halogens is 3. The summed E-state index contributed by atoms with van der Waals surface area (Å²) in [6.07, 6.45) is 0.707. The van der Waals surface area contributed by atoms with Crippen LogP contribution in [0.3, 0.4) is 0 Å². The van der Waals surface area contributed by atoms with E-state index in [-0.39, 0.29) is 29.1 Å². The lowest BCUT2D eigenvalue weighted by molar-refractivity contribution is -0.139. The van der Waals surface area contributed by atoms with Gasteiger partial charge in [0.05, 0.1) is 10.6 Å². The van der Waals surface area contributed by atoms with Crippen molar-refractivity contribution in [3.63, 3.8) is 0 Å². The van der Waals surface area contributed by atoms with Crippen molar-refractivity contribution in [3.05, 3.63) is 93.4 Å². The molecule has 1 N–H and O–H groups in total. The SMILES string of the molecule is CC[C@H](C)NC(=O)[C@H](C)N(Cc1ccccc1Cl)C(=O)CN(c1cccc(Cl)c1)S(=O)(=O)c1ccc(Cl)cc1. The number of carbonyl (C=O) groups excluding carboxylic acids is 2. The minimum absolute atomic E-state index is 0.00201.